The van der Waals surface area contributed by atoms with Crippen LogP contribution in [0.15, 0.2) is 140 Å². The fourth-order valence-electron chi connectivity index (χ4n) is 4.59. The van der Waals surface area contributed by atoms with Crippen molar-refractivity contribution in [3.8, 4) is 44.5 Å². The highest BCUT2D eigenvalue weighted by Crippen LogP contribution is 2.26. The largest absolute Gasteiger partial charge is 0.261 e. The van der Waals surface area contributed by atoms with Gasteiger partial charge in [0.1, 0.15) is 0 Å². The van der Waals surface area contributed by atoms with Crippen molar-refractivity contribution in [2.24, 2.45) is 0 Å². The van der Waals surface area contributed by atoms with Crippen molar-refractivity contribution < 1.29 is 0 Å². The van der Waals surface area contributed by atoms with Gasteiger partial charge in [-0.2, -0.15) is 0 Å². The van der Waals surface area contributed by atoms with Crippen LogP contribution in [0.5, 0.6) is 0 Å². The first-order valence-corrected chi connectivity index (χ1v) is 13.8. The van der Waals surface area contributed by atoms with Crippen LogP contribution in [-0.4, -0.2) is 4.98 Å². The molecule has 6 rings (SSSR count). The Balaban J connectivity index is 0.000000161. The Morgan fingerprint density at radius 1 is 0.275 bits per heavy atom. The van der Waals surface area contributed by atoms with E-state index in [1.807, 2.05) is 19.2 Å². The fraction of sp³-hybridized carbons (Fsp3) is 0.103. The zero-order valence-electron chi connectivity index (χ0n) is 23.7. The molecule has 0 fully saturated rings. The molecule has 1 heterocycles. The zero-order valence-corrected chi connectivity index (χ0v) is 23.7. The highest BCUT2D eigenvalue weighted by atomic mass is 14.7. The van der Waals surface area contributed by atoms with E-state index in [2.05, 4.69) is 153 Å². The summed E-state index contributed by atoms with van der Waals surface area (Å²) in [6.45, 7) is 8.34. The van der Waals surface area contributed by atoms with Crippen molar-refractivity contribution in [3.05, 3.63) is 162 Å². The van der Waals surface area contributed by atoms with Crippen LogP contribution in [0.2, 0.25) is 0 Å². The Bertz CT molecular complexity index is 1380. The molecule has 0 saturated heterocycles. The summed E-state index contributed by atoms with van der Waals surface area (Å²) in [5.74, 6) is 0. The van der Waals surface area contributed by atoms with E-state index in [0.29, 0.717) is 0 Å². The first-order valence-electron chi connectivity index (χ1n) is 13.8. The molecule has 1 nitrogen and oxygen atoms in total. The Morgan fingerprint density at radius 2 is 0.500 bits per heavy atom. The summed E-state index contributed by atoms with van der Waals surface area (Å²) in [4.78, 5) is 4.35. The van der Waals surface area contributed by atoms with Crippen LogP contribution in [0.4, 0.5) is 0 Å². The molecule has 0 amide bonds. The van der Waals surface area contributed by atoms with Crippen molar-refractivity contribution in [1.82, 2.24) is 4.98 Å². The Labute approximate surface area is 238 Å². The number of pyridine rings is 1. The second-order valence-corrected chi connectivity index (χ2v) is 10.4. The van der Waals surface area contributed by atoms with E-state index >= 15 is 0 Å². The summed E-state index contributed by atoms with van der Waals surface area (Å²) in [6.07, 6.45) is 1.93. The van der Waals surface area contributed by atoms with Gasteiger partial charge < -0.3 is 0 Å². The van der Waals surface area contributed by atoms with Gasteiger partial charge in [-0.1, -0.05) is 144 Å². The van der Waals surface area contributed by atoms with Crippen molar-refractivity contribution in [2.45, 2.75) is 27.7 Å². The van der Waals surface area contributed by atoms with E-state index in [4.69, 9.17) is 0 Å². The summed E-state index contributed by atoms with van der Waals surface area (Å²) in [6, 6.07) is 47.5. The van der Waals surface area contributed by atoms with Crippen molar-refractivity contribution >= 4 is 0 Å². The maximum Gasteiger partial charge on any atom is 0.0373 e. The molecule has 0 atom stereocenters. The van der Waals surface area contributed by atoms with Crippen LogP contribution in [0.1, 0.15) is 22.4 Å². The monoisotopic (exact) mass is 517 g/mol. The van der Waals surface area contributed by atoms with Gasteiger partial charge in [-0.05, 0) is 72.7 Å². The minimum absolute atomic E-state index is 1.05. The second kappa shape index (κ2) is 12.4. The van der Waals surface area contributed by atoms with Crippen LogP contribution in [0, 0.1) is 27.7 Å². The van der Waals surface area contributed by atoms with Gasteiger partial charge in [-0.15, -0.1) is 0 Å². The standard InChI is InChI=1S/C20H18.C19H17N/c1-15-3-7-17(8-4-15)19-11-13-20(14-12-19)18-9-5-16(2)6-10-18;1-14-3-6-16(7-4-14)17-9-11-18(12-10-17)19-8-5-15(2)20-13-19/h3-14H,1-2H3;3-13H,1-2H3. The first-order chi connectivity index (χ1) is 19.4. The van der Waals surface area contributed by atoms with Gasteiger partial charge in [0, 0.05) is 17.5 Å². The van der Waals surface area contributed by atoms with Crippen molar-refractivity contribution in [2.75, 3.05) is 0 Å². The van der Waals surface area contributed by atoms with Gasteiger partial charge in [0.05, 0.1) is 0 Å². The molecule has 1 heteroatoms. The molecule has 40 heavy (non-hydrogen) atoms. The third-order valence-corrected chi connectivity index (χ3v) is 7.17. The molecule has 0 saturated carbocycles. The Hall–Kier alpha value is -4.75. The van der Waals surface area contributed by atoms with E-state index in [-0.39, 0.29) is 0 Å². The van der Waals surface area contributed by atoms with E-state index in [1.54, 1.807) is 0 Å². The molecule has 0 aliphatic rings. The quantitative estimate of drug-likeness (QED) is 0.227. The van der Waals surface area contributed by atoms with Gasteiger partial charge in [-0.25, -0.2) is 0 Å². The molecule has 0 unspecified atom stereocenters. The maximum absolute atomic E-state index is 4.35. The molecule has 6 aromatic rings. The molecule has 5 aromatic carbocycles. The summed E-state index contributed by atoms with van der Waals surface area (Å²) < 4.78 is 0. The van der Waals surface area contributed by atoms with Crippen molar-refractivity contribution in [1.29, 1.82) is 0 Å². The van der Waals surface area contributed by atoms with E-state index in [1.165, 1.54) is 55.6 Å². The molecule has 0 aliphatic carbocycles. The van der Waals surface area contributed by atoms with Crippen LogP contribution in [0.25, 0.3) is 44.5 Å². The number of hydrogen-bond acceptors (Lipinski definition) is 1. The van der Waals surface area contributed by atoms with Gasteiger partial charge >= 0.3 is 0 Å². The van der Waals surface area contributed by atoms with Gasteiger partial charge in [0.15, 0.2) is 0 Å². The number of hydrogen-bond donors (Lipinski definition) is 0. The average Bonchev–Trinajstić information content (AvgIpc) is 2.99. The topological polar surface area (TPSA) is 12.9 Å². The summed E-state index contributed by atoms with van der Waals surface area (Å²) in [7, 11) is 0. The smallest absolute Gasteiger partial charge is 0.0373 e. The third-order valence-electron chi connectivity index (χ3n) is 7.17. The lowest BCUT2D eigenvalue weighted by Gasteiger charge is -2.06. The lowest BCUT2D eigenvalue weighted by molar-refractivity contribution is 1.20. The number of nitrogens with zero attached hydrogens (tertiary/aromatic N) is 1. The highest BCUT2D eigenvalue weighted by Gasteiger charge is 2.02. The predicted octanol–water partition coefficient (Wildman–Crippen LogP) is 10.7. The number of benzene rings is 5. The molecule has 0 bridgehead atoms. The average molecular weight is 518 g/mol. The van der Waals surface area contributed by atoms with Crippen LogP contribution in [0.3, 0.4) is 0 Å². The number of rotatable bonds is 4. The normalized spacial score (nSPS) is 10.5. The minimum atomic E-state index is 1.05. The fourth-order valence-corrected chi connectivity index (χ4v) is 4.59. The van der Waals surface area contributed by atoms with Gasteiger partial charge in [-0.3, -0.25) is 4.98 Å². The zero-order chi connectivity index (χ0) is 27.9. The van der Waals surface area contributed by atoms with E-state index < -0.39 is 0 Å². The predicted molar refractivity (Wildman–Crippen MR) is 171 cm³/mol. The minimum Gasteiger partial charge on any atom is -0.261 e. The molecule has 196 valence electrons. The van der Waals surface area contributed by atoms with Crippen LogP contribution >= 0.6 is 0 Å². The molecule has 0 aliphatic heterocycles. The maximum atomic E-state index is 4.35. The van der Waals surface area contributed by atoms with E-state index in [0.717, 1.165) is 11.3 Å². The van der Waals surface area contributed by atoms with Crippen LogP contribution < -0.4 is 0 Å². The van der Waals surface area contributed by atoms with Crippen LogP contribution in [-0.2, 0) is 0 Å². The number of aromatic nitrogens is 1. The van der Waals surface area contributed by atoms with Crippen molar-refractivity contribution in [3.63, 3.8) is 0 Å². The summed E-state index contributed by atoms with van der Waals surface area (Å²) in [5.41, 5.74) is 14.9. The summed E-state index contributed by atoms with van der Waals surface area (Å²) in [5, 5.41) is 0. The SMILES string of the molecule is Cc1ccc(-c2ccc(-c3ccc(C)cc3)cc2)cc1.Cc1ccc(-c2ccc(-c3ccc(C)nc3)cc2)cc1. The molecular weight excluding hydrogens is 482 g/mol. The third kappa shape index (κ3) is 6.81. The first kappa shape index (κ1) is 26.8. The molecule has 0 N–H and O–H groups in total. The van der Waals surface area contributed by atoms with Gasteiger partial charge in [0.25, 0.3) is 0 Å². The molecular formula is C39H35N. The molecule has 0 spiro atoms. The lowest BCUT2D eigenvalue weighted by Crippen LogP contribution is -1.83. The Kier molecular flexibility index (Phi) is 8.32. The summed E-state index contributed by atoms with van der Waals surface area (Å²) >= 11 is 0. The van der Waals surface area contributed by atoms with E-state index in [9.17, 15) is 0 Å². The lowest BCUT2D eigenvalue weighted by atomic mass is 9.99. The second-order valence-electron chi connectivity index (χ2n) is 10.4. The Morgan fingerprint density at radius 3 is 0.750 bits per heavy atom. The van der Waals surface area contributed by atoms with Gasteiger partial charge in [0.2, 0.25) is 0 Å². The molecule has 1 aromatic heterocycles. The number of aryl methyl sites for hydroxylation is 4. The molecule has 0 radical (unpaired) electrons. The highest BCUT2D eigenvalue weighted by molar-refractivity contribution is 5.71.